The number of carbonyl (C=O) groups excluding carboxylic acids is 2. The molecule has 1 unspecified atom stereocenters. The van der Waals surface area contributed by atoms with E-state index in [9.17, 15) is 9.59 Å². The van der Waals surface area contributed by atoms with E-state index >= 15 is 0 Å². The summed E-state index contributed by atoms with van der Waals surface area (Å²) in [6.07, 6.45) is 14.9. The number of nitrogens with zero attached hydrogens (tertiary/aromatic N) is 4. The number of ether oxygens (including phenoxy) is 1. The molecule has 40 heavy (non-hydrogen) atoms. The maximum atomic E-state index is 13.5. The lowest BCUT2D eigenvalue weighted by Gasteiger charge is -2.30. The summed E-state index contributed by atoms with van der Waals surface area (Å²) in [6, 6.07) is 0.0840. The summed E-state index contributed by atoms with van der Waals surface area (Å²) in [6.45, 7) is 6.88. The SMILES string of the molecule is CCCCNC(=O)c1c(NC(=O)C2CC2)sc2c1CC(n1c(COC)nnc1N(CC)CC1=CC=CCC1)CC2. The van der Waals surface area contributed by atoms with Crippen molar-refractivity contribution < 1.29 is 14.3 Å². The molecular formula is C30H42N6O3S. The Morgan fingerprint density at radius 1 is 1.20 bits per heavy atom. The molecule has 3 aliphatic rings. The average molecular weight is 567 g/mol. The Labute approximate surface area is 241 Å². The fraction of sp³-hybridized carbons (Fsp3) is 0.600. The van der Waals surface area contributed by atoms with Gasteiger partial charge in [0.25, 0.3) is 5.91 Å². The summed E-state index contributed by atoms with van der Waals surface area (Å²) in [4.78, 5) is 29.7. The number of rotatable bonds is 13. The molecule has 10 heteroatoms. The number of aromatic nitrogens is 3. The van der Waals surface area contributed by atoms with Crippen LogP contribution in [0.3, 0.4) is 0 Å². The van der Waals surface area contributed by atoms with E-state index in [4.69, 9.17) is 4.74 Å². The Balaban J connectivity index is 1.46. The lowest BCUT2D eigenvalue weighted by molar-refractivity contribution is -0.117. The first kappa shape index (κ1) is 28.5. The summed E-state index contributed by atoms with van der Waals surface area (Å²) >= 11 is 1.57. The molecule has 3 aliphatic carbocycles. The van der Waals surface area contributed by atoms with E-state index in [1.54, 1.807) is 18.4 Å². The highest BCUT2D eigenvalue weighted by atomic mass is 32.1. The van der Waals surface area contributed by atoms with E-state index < -0.39 is 0 Å². The van der Waals surface area contributed by atoms with Gasteiger partial charge >= 0.3 is 0 Å². The molecule has 0 spiro atoms. The Hall–Kier alpha value is -2.98. The third-order valence-electron chi connectivity index (χ3n) is 8.01. The van der Waals surface area contributed by atoms with Gasteiger partial charge in [-0.05, 0) is 63.9 Å². The zero-order valence-electron chi connectivity index (χ0n) is 24.0. The van der Waals surface area contributed by atoms with Crippen molar-refractivity contribution in [1.82, 2.24) is 20.1 Å². The highest BCUT2D eigenvalue weighted by Crippen LogP contribution is 2.43. The molecule has 2 N–H and O–H groups in total. The van der Waals surface area contributed by atoms with Crippen molar-refractivity contribution in [3.8, 4) is 0 Å². The molecule has 9 nitrogen and oxygen atoms in total. The number of nitrogens with one attached hydrogen (secondary N) is 2. The maximum absolute atomic E-state index is 13.5. The molecule has 2 heterocycles. The van der Waals surface area contributed by atoms with Gasteiger partial charge in [0.2, 0.25) is 11.9 Å². The van der Waals surface area contributed by atoms with Gasteiger partial charge in [-0.25, -0.2) is 0 Å². The van der Waals surface area contributed by atoms with Crippen molar-refractivity contribution in [2.24, 2.45) is 5.92 Å². The maximum Gasteiger partial charge on any atom is 0.254 e. The minimum Gasteiger partial charge on any atom is -0.377 e. The molecule has 1 saturated carbocycles. The summed E-state index contributed by atoms with van der Waals surface area (Å²) in [5.41, 5.74) is 3.08. The number of carbonyl (C=O) groups is 2. The third-order valence-corrected chi connectivity index (χ3v) is 9.22. The molecule has 216 valence electrons. The number of thiophene rings is 1. The number of hydrogen-bond acceptors (Lipinski definition) is 7. The number of aryl methyl sites for hydroxylation is 1. The van der Waals surface area contributed by atoms with E-state index in [0.717, 1.165) is 81.8 Å². The van der Waals surface area contributed by atoms with Crippen molar-refractivity contribution in [2.45, 2.75) is 84.3 Å². The van der Waals surface area contributed by atoms with Crippen LogP contribution in [0.1, 0.15) is 91.5 Å². The van der Waals surface area contributed by atoms with Crippen LogP contribution in [0.5, 0.6) is 0 Å². The number of fused-ring (bicyclic) bond motifs is 1. The zero-order valence-corrected chi connectivity index (χ0v) is 24.8. The minimum atomic E-state index is -0.0914. The number of likely N-dealkylation sites (N-methyl/N-ethyl adjacent to an activating group) is 1. The van der Waals surface area contributed by atoms with Gasteiger partial charge in [0.15, 0.2) is 5.82 Å². The van der Waals surface area contributed by atoms with E-state index in [1.807, 2.05) is 0 Å². The second-order valence-electron chi connectivity index (χ2n) is 11.0. The fourth-order valence-electron chi connectivity index (χ4n) is 5.63. The molecule has 1 fully saturated rings. The Morgan fingerprint density at radius 3 is 2.75 bits per heavy atom. The van der Waals surface area contributed by atoms with Crippen LogP contribution < -0.4 is 15.5 Å². The topological polar surface area (TPSA) is 101 Å². The summed E-state index contributed by atoms with van der Waals surface area (Å²) in [5.74, 6) is 1.67. The van der Waals surface area contributed by atoms with Gasteiger partial charge in [0.1, 0.15) is 11.6 Å². The first-order chi connectivity index (χ1) is 19.5. The molecule has 0 bridgehead atoms. The number of unbranched alkanes of at least 4 members (excludes halogenated alkanes) is 1. The van der Waals surface area contributed by atoms with E-state index in [-0.39, 0.29) is 23.8 Å². The molecule has 0 aliphatic heterocycles. The third kappa shape index (κ3) is 6.33. The van der Waals surface area contributed by atoms with E-state index in [2.05, 4.69) is 62.4 Å². The van der Waals surface area contributed by atoms with Crippen LogP contribution in [0.15, 0.2) is 23.8 Å². The van der Waals surface area contributed by atoms with Gasteiger partial charge in [0, 0.05) is 43.6 Å². The molecule has 0 aromatic carbocycles. The normalized spacial score (nSPS) is 18.3. The predicted octanol–water partition coefficient (Wildman–Crippen LogP) is 5.20. The molecule has 1 atom stereocenters. The summed E-state index contributed by atoms with van der Waals surface area (Å²) in [7, 11) is 1.68. The average Bonchev–Trinajstić information content (AvgIpc) is 3.65. The minimum absolute atomic E-state index is 0.0340. The van der Waals surface area contributed by atoms with Gasteiger partial charge in [-0.2, -0.15) is 0 Å². The van der Waals surface area contributed by atoms with Gasteiger partial charge in [-0.15, -0.1) is 21.5 Å². The van der Waals surface area contributed by atoms with Crippen molar-refractivity contribution in [2.75, 3.05) is 37.0 Å². The number of hydrogen-bond donors (Lipinski definition) is 2. The lowest BCUT2D eigenvalue weighted by Crippen LogP contribution is -2.32. The fourth-order valence-corrected chi connectivity index (χ4v) is 6.87. The lowest BCUT2D eigenvalue weighted by atomic mass is 9.90. The van der Waals surface area contributed by atoms with E-state index in [1.165, 1.54) is 10.5 Å². The van der Waals surface area contributed by atoms with Gasteiger partial charge in [-0.1, -0.05) is 37.1 Å². The Bertz CT molecular complexity index is 1270. The number of anilines is 2. The number of allylic oxidation sites excluding steroid dienone is 3. The molecule has 0 saturated heterocycles. The standard InChI is InChI=1S/C30H42N6O3S/c1-4-6-16-31-28(38)26-23-17-22(14-15-24(23)40-29(26)32-27(37)21-12-13-21)36-25(19-39-3)33-34-30(36)35(5-2)18-20-10-8-7-9-11-20/h7-8,10,21-22H,4-6,9,11-19H2,1-3H3,(H,31,38)(H,32,37). The van der Waals surface area contributed by atoms with Crippen LogP contribution in [-0.2, 0) is 29.0 Å². The van der Waals surface area contributed by atoms with Gasteiger partial charge < -0.3 is 20.3 Å². The number of methoxy groups -OCH3 is 1. The van der Waals surface area contributed by atoms with E-state index in [0.29, 0.717) is 30.1 Å². The first-order valence-electron chi connectivity index (χ1n) is 14.8. The van der Waals surface area contributed by atoms with Crippen molar-refractivity contribution >= 4 is 34.1 Å². The smallest absolute Gasteiger partial charge is 0.254 e. The molecule has 2 aromatic rings. The van der Waals surface area contributed by atoms with Crippen LogP contribution in [0.25, 0.3) is 0 Å². The predicted molar refractivity (Wildman–Crippen MR) is 159 cm³/mol. The van der Waals surface area contributed by atoms with Crippen molar-refractivity contribution in [1.29, 1.82) is 0 Å². The van der Waals surface area contributed by atoms with Crippen LogP contribution in [-0.4, -0.2) is 53.3 Å². The molecule has 2 aromatic heterocycles. The van der Waals surface area contributed by atoms with Gasteiger partial charge in [0.05, 0.1) is 5.56 Å². The first-order valence-corrected chi connectivity index (χ1v) is 15.6. The second kappa shape index (κ2) is 13.1. The molecule has 5 rings (SSSR count). The quantitative estimate of drug-likeness (QED) is 0.323. The zero-order chi connectivity index (χ0) is 28.1. The molecular weight excluding hydrogens is 524 g/mol. The molecule has 0 radical (unpaired) electrons. The highest BCUT2D eigenvalue weighted by Gasteiger charge is 2.35. The molecule has 2 amide bonds. The van der Waals surface area contributed by atoms with Crippen LogP contribution >= 0.6 is 11.3 Å². The van der Waals surface area contributed by atoms with Crippen LogP contribution in [0, 0.1) is 5.92 Å². The highest BCUT2D eigenvalue weighted by molar-refractivity contribution is 7.17. The van der Waals surface area contributed by atoms with Crippen molar-refractivity contribution in [3.05, 3.63) is 45.6 Å². The van der Waals surface area contributed by atoms with Crippen LogP contribution in [0.4, 0.5) is 10.9 Å². The van der Waals surface area contributed by atoms with Gasteiger partial charge in [-0.3, -0.25) is 14.2 Å². The monoisotopic (exact) mass is 566 g/mol. The second-order valence-corrected chi connectivity index (χ2v) is 12.1. The van der Waals surface area contributed by atoms with Crippen molar-refractivity contribution in [3.63, 3.8) is 0 Å². The largest absolute Gasteiger partial charge is 0.377 e. The summed E-state index contributed by atoms with van der Waals surface area (Å²) in [5, 5.41) is 16.1. The Kier molecular flexibility index (Phi) is 9.36. The number of amides is 2. The van der Waals surface area contributed by atoms with Crippen LogP contribution in [0.2, 0.25) is 0 Å². The Morgan fingerprint density at radius 2 is 2.05 bits per heavy atom. The summed E-state index contributed by atoms with van der Waals surface area (Å²) < 4.78 is 7.77.